The second-order valence-corrected chi connectivity index (χ2v) is 11.3. The van der Waals surface area contributed by atoms with E-state index in [0.717, 1.165) is 63.4 Å². The smallest absolute Gasteiger partial charge is 0.225 e. The second-order valence-electron chi connectivity index (χ2n) is 11.3. The van der Waals surface area contributed by atoms with Gasteiger partial charge >= 0.3 is 0 Å². The molecule has 184 valence electrons. The Bertz CT molecular complexity index is 974. The summed E-state index contributed by atoms with van der Waals surface area (Å²) in [6.07, 6.45) is 17.2. The fourth-order valence-electron chi connectivity index (χ4n) is 6.81. The summed E-state index contributed by atoms with van der Waals surface area (Å²) < 4.78 is 8.86. The number of amides is 1. The molecule has 2 aliphatic carbocycles. The Kier molecular flexibility index (Phi) is 6.56. The Morgan fingerprint density at radius 3 is 2.24 bits per heavy atom. The topological polar surface area (TPSA) is 37.7 Å². The zero-order chi connectivity index (χ0) is 22.9. The van der Waals surface area contributed by atoms with Crippen LogP contribution in [-0.4, -0.2) is 58.6 Å². The summed E-state index contributed by atoms with van der Waals surface area (Å²) in [5, 5.41) is 1.27. The third-order valence-corrected chi connectivity index (χ3v) is 9.19. The Labute approximate surface area is 204 Å². The molecule has 1 aromatic heterocycles. The molecule has 0 unspecified atom stereocenters. The van der Waals surface area contributed by atoms with Gasteiger partial charge in [0.1, 0.15) is 11.9 Å². The summed E-state index contributed by atoms with van der Waals surface area (Å²) in [7, 11) is 0. The molecule has 2 saturated heterocycles. The molecule has 34 heavy (non-hydrogen) atoms. The summed E-state index contributed by atoms with van der Waals surface area (Å²) in [6, 6.07) is 10.2. The van der Waals surface area contributed by atoms with Gasteiger partial charge in [0.15, 0.2) is 0 Å². The van der Waals surface area contributed by atoms with Crippen molar-refractivity contribution in [3.63, 3.8) is 0 Å². The lowest BCUT2D eigenvalue weighted by Crippen LogP contribution is -2.46. The van der Waals surface area contributed by atoms with Crippen LogP contribution >= 0.6 is 0 Å². The molecule has 1 aromatic carbocycles. The monoisotopic (exact) mass is 463 g/mol. The molecule has 4 fully saturated rings. The average Bonchev–Trinajstić information content (AvgIpc) is 3.28. The standard InChI is InChI=1S/C29H41N3O2/c33-29(22-5-2-1-3-6-22)31-16-12-25(13-17-31)32-20-11-23-21-27(9-10-28(23)32)34-26-14-18-30(19-15-26)24-7-4-8-24/h9-11,20-22,24-26H,1-8,12-19H2. The summed E-state index contributed by atoms with van der Waals surface area (Å²) in [5.41, 5.74) is 1.30. The molecule has 6 rings (SSSR count). The number of likely N-dealkylation sites (tertiary alicyclic amines) is 2. The van der Waals surface area contributed by atoms with E-state index in [4.69, 9.17) is 4.74 Å². The molecule has 2 aliphatic heterocycles. The number of piperidine rings is 2. The lowest BCUT2D eigenvalue weighted by atomic mass is 9.87. The van der Waals surface area contributed by atoms with E-state index < -0.39 is 0 Å². The van der Waals surface area contributed by atoms with Crippen LogP contribution in [0.2, 0.25) is 0 Å². The van der Waals surface area contributed by atoms with Crippen LogP contribution < -0.4 is 4.74 Å². The molecular weight excluding hydrogens is 422 g/mol. The van der Waals surface area contributed by atoms with Gasteiger partial charge in [-0.2, -0.15) is 0 Å². The van der Waals surface area contributed by atoms with Crippen molar-refractivity contribution < 1.29 is 9.53 Å². The summed E-state index contributed by atoms with van der Waals surface area (Å²) >= 11 is 0. The number of hydrogen-bond donors (Lipinski definition) is 0. The number of fused-ring (bicyclic) bond motifs is 1. The summed E-state index contributed by atoms with van der Waals surface area (Å²) in [6.45, 7) is 4.19. The number of ether oxygens (including phenoxy) is 1. The number of benzene rings is 1. The molecule has 5 heteroatoms. The summed E-state index contributed by atoms with van der Waals surface area (Å²) in [5.74, 6) is 1.73. The number of aromatic nitrogens is 1. The molecule has 0 atom stereocenters. The summed E-state index contributed by atoms with van der Waals surface area (Å²) in [4.78, 5) is 17.8. The maximum absolute atomic E-state index is 12.9. The SMILES string of the molecule is O=C(C1CCCCC1)N1CCC(n2ccc3cc(OC4CCN(C5CCC5)CC4)ccc32)CC1. The molecule has 2 aromatic rings. The van der Waals surface area contributed by atoms with E-state index in [9.17, 15) is 4.79 Å². The van der Waals surface area contributed by atoms with Crippen molar-refractivity contribution in [3.05, 3.63) is 30.5 Å². The highest BCUT2D eigenvalue weighted by Crippen LogP contribution is 2.33. The quantitative estimate of drug-likeness (QED) is 0.564. The number of carbonyl (C=O) groups excluding carboxylic acids is 1. The predicted octanol–water partition coefficient (Wildman–Crippen LogP) is 5.78. The van der Waals surface area contributed by atoms with Gasteiger partial charge in [0, 0.05) is 61.3 Å². The molecule has 0 spiro atoms. The van der Waals surface area contributed by atoms with Crippen molar-refractivity contribution >= 4 is 16.8 Å². The van der Waals surface area contributed by atoms with Crippen LogP contribution in [0.4, 0.5) is 0 Å². The zero-order valence-corrected chi connectivity index (χ0v) is 20.7. The number of rotatable bonds is 5. The maximum Gasteiger partial charge on any atom is 0.225 e. The minimum atomic E-state index is 0.293. The normalized spacial score (nSPS) is 24.4. The number of nitrogens with zero attached hydrogens (tertiary/aromatic N) is 3. The first-order valence-corrected chi connectivity index (χ1v) is 14.0. The molecule has 1 amide bonds. The van der Waals surface area contributed by atoms with Crippen molar-refractivity contribution in [3.8, 4) is 5.75 Å². The van der Waals surface area contributed by atoms with Crippen molar-refractivity contribution in [2.45, 2.75) is 95.2 Å². The predicted molar refractivity (Wildman–Crippen MR) is 136 cm³/mol. The van der Waals surface area contributed by atoms with E-state index in [1.54, 1.807) is 0 Å². The zero-order valence-electron chi connectivity index (χ0n) is 20.7. The van der Waals surface area contributed by atoms with E-state index in [0.29, 0.717) is 24.0 Å². The van der Waals surface area contributed by atoms with Crippen LogP contribution in [0.25, 0.3) is 10.9 Å². The Balaban J connectivity index is 1.04. The third-order valence-electron chi connectivity index (χ3n) is 9.19. The lowest BCUT2D eigenvalue weighted by Gasteiger charge is -2.41. The molecule has 4 aliphatic rings. The third kappa shape index (κ3) is 4.60. The van der Waals surface area contributed by atoms with E-state index in [1.165, 1.54) is 62.5 Å². The molecule has 2 saturated carbocycles. The van der Waals surface area contributed by atoms with Crippen LogP contribution in [0.15, 0.2) is 30.5 Å². The van der Waals surface area contributed by atoms with Gasteiger partial charge in [-0.15, -0.1) is 0 Å². The van der Waals surface area contributed by atoms with Crippen molar-refractivity contribution in [1.29, 1.82) is 0 Å². The van der Waals surface area contributed by atoms with Crippen molar-refractivity contribution in [2.24, 2.45) is 5.92 Å². The van der Waals surface area contributed by atoms with Crippen LogP contribution in [0.1, 0.15) is 83.1 Å². The minimum Gasteiger partial charge on any atom is -0.490 e. The first kappa shape index (κ1) is 22.5. The highest BCUT2D eigenvalue weighted by molar-refractivity contribution is 5.82. The Morgan fingerprint density at radius 1 is 0.765 bits per heavy atom. The van der Waals surface area contributed by atoms with Crippen molar-refractivity contribution in [1.82, 2.24) is 14.4 Å². The van der Waals surface area contributed by atoms with Crippen LogP contribution in [-0.2, 0) is 4.79 Å². The first-order chi connectivity index (χ1) is 16.7. The Morgan fingerprint density at radius 2 is 1.53 bits per heavy atom. The minimum absolute atomic E-state index is 0.293. The highest BCUT2D eigenvalue weighted by Gasteiger charge is 2.31. The largest absolute Gasteiger partial charge is 0.490 e. The van der Waals surface area contributed by atoms with E-state index >= 15 is 0 Å². The van der Waals surface area contributed by atoms with Gasteiger partial charge in [0.25, 0.3) is 0 Å². The first-order valence-electron chi connectivity index (χ1n) is 14.0. The van der Waals surface area contributed by atoms with Gasteiger partial charge in [-0.25, -0.2) is 0 Å². The average molecular weight is 464 g/mol. The van der Waals surface area contributed by atoms with E-state index in [-0.39, 0.29) is 0 Å². The molecule has 5 nitrogen and oxygen atoms in total. The van der Waals surface area contributed by atoms with Gasteiger partial charge in [0.05, 0.1) is 0 Å². The van der Waals surface area contributed by atoms with E-state index in [2.05, 4.69) is 44.8 Å². The number of hydrogen-bond acceptors (Lipinski definition) is 3. The molecular formula is C29H41N3O2. The molecule has 0 bridgehead atoms. The van der Waals surface area contributed by atoms with Crippen molar-refractivity contribution in [2.75, 3.05) is 26.2 Å². The molecule has 3 heterocycles. The molecule has 0 N–H and O–H groups in total. The van der Waals surface area contributed by atoms with Gasteiger partial charge in [0.2, 0.25) is 5.91 Å². The fraction of sp³-hybridized carbons (Fsp3) is 0.690. The van der Waals surface area contributed by atoms with Gasteiger partial charge in [-0.1, -0.05) is 25.7 Å². The van der Waals surface area contributed by atoms with E-state index in [1.807, 2.05) is 0 Å². The fourth-order valence-corrected chi connectivity index (χ4v) is 6.81. The second kappa shape index (κ2) is 9.93. The molecule has 0 radical (unpaired) electrons. The van der Waals surface area contributed by atoms with Gasteiger partial charge in [-0.05, 0) is 75.6 Å². The lowest BCUT2D eigenvalue weighted by molar-refractivity contribution is -0.137. The number of carbonyl (C=O) groups is 1. The Hall–Kier alpha value is -2.01. The van der Waals surface area contributed by atoms with Crippen LogP contribution in [0, 0.1) is 5.92 Å². The van der Waals surface area contributed by atoms with Gasteiger partial charge in [-0.3, -0.25) is 4.79 Å². The highest BCUT2D eigenvalue weighted by atomic mass is 16.5. The van der Waals surface area contributed by atoms with Crippen LogP contribution in [0.3, 0.4) is 0 Å². The van der Waals surface area contributed by atoms with Gasteiger partial charge < -0.3 is 19.1 Å². The van der Waals surface area contributed by atoms with Crippen LogP contribution in [0.5, 0.6) is 5.75 Å². The maximum atomic E-state index is 12.9.